The standard InChI is InChI=1S/C15H19ClO2/c1-18-9-6-7-12(13(16)8-9)15(17)14-10-4-2-3-5-11(10)14/h6-8,10-11,14-15,17H,2-5H2,1H3. The second-order valence-electron chi connectivity index (χ2n) is 5.52. The second-order valence-corrected chi connectivity index (χ2v) is 5.93. The Morgan fingerprint density at radius 3 is 2.50 bits per heavy atom. The van der Waals surface area contributed by atoms with Crippen molar-refractivity contribution in [3.8, 4) is 5.75 Å². The van der Waals surface area contributed by atoms with Crippen molar-refractivity contribution in [2.24, 2.45) is 17.8 Å². The van der Waals surface area contributed by atoms with Gasteiger partial charge in [0.25, 0.3) is 0 Å². The lowest BCUT2D eigenvalue weighted by atomic mass is 10.0. The molecule has 2 saturated carbocycles. The van der Waals surface area contributed by atoms with Crippen molar-refractivity contribution in [1.29, 1.82) is 0 Å². The summed E-state index contributed by atoms with van der Waals surface area (Å²) < 4.78 is 5.13. The van der Waals surface area contributed by atoms with Gasteiger partial charge in [-0.15, -0.1) is 0 Å². The first-order valence-corrected chi connectivity index (χ1v) is 7.11. The van der Waals surface area contributed by atoms with Gasteiger partial charge in [0.1, 0.15) is 5.75 Å². The molecule has 1 N–H and O–H groups in total. The lowest BCUT2D eigenvalue weighted by Crippen LogP contribution is -2.03. The number of methoxy groups -OCH3 is 1. The minimum atomic E-state index is -0.406. The molecule has 18 heavy (non-hydrogen) atoms. The summed E-state index contributed by atoms with van der Waals surface area (Å²) in [5, 5.41) is 11.1. The van der Waals surface area contributed by atoms with Gasteiger partial charge in [-0.3, -0.25) is 0 Å². The van der Waals surface area contributed by atoms with Gasteiger partial charge in [0.15, 0.2) is 0 Å². The van der Waals surface area contributed by atoms with Crippen LogP contribution in [0.15, 0.2) is 18.2 Å². The van der Waals surface area contributed by atoms with Gasteiger partial charge in [0.05, 0.1) is 18.2 Å². The van der Waals surface area contributed by atoms with Crippen LogP contribution < -0.4 is 4.74 Å². The first-order chi connectivity index (χ1) is 8.72. The van der Waals surface area contributed by atoms with Crippen LogP contribution in [-0.4, -0.2) is 12.2 Å². The summed E-state index contributed by atoms with van der Waals surface area (Å²) in [6.45, 7) is 0. The molecule has 2 nitrogen and oxygen atoms in total. The molecule has 2 aliphatic carbocycles. The van der Waals surface area contributed by atoms with E-state index in [1.165, 1.54) is 25.7 Å². The number of aliphatic hydroxyl groups is 1. The van der Waals surface area contributed by atoms with Gasteiger partial charge >= 0.3 is 0 Å². The average Bonchev–Trinajstić information content (AvgIpc) is 3.12. The van der Waals surface area contributed by atoms with Crippen molar-refractivity contribution in [2.75, 3.05) is 7.11 Å². The third-order valence-corrected chi connectivity index (χ3v) is 4.94. The molecule has 2 aliphatic rings. The fraction of sp³-hybridized carbons (Fsp3) is 0.600. The van der Waals surface area contributed by atoms with Crippen molar-refractivity contribution >= 4 is 11.6 Å². The molecule has 0 bridgehead atoms. The number of hydrogen-bond acceptors (Lipinski definition) is 2. The Balaban J connectivity index is 1.78. The maximum absolute atomic E-state index is 10.5. The first-order valence-electron chi connectivity index (χ1n) is 6.74. The van der Waals surface area contributed by atoms with E-state index in [-0.39, 0.29) is 0 Å². The fourth-order valence-corrected chi connectivity index (χ4v) is 3.88. The van der Waals surface area contributed by atoms with E-state index in [0.29, 0.717) is 10.9 Å². The van der Waals surface area contributed by atoms with Gasteiger partial charge in [-0.2, -0.15) is 0 Å². The molecule has 0 aliphatic heterocycles. The molecule has 98 valence electrons. The summed E-state index contributed by atoms with van der Waals surface area (Å²) in [5.74, 6) is 2.63. The Morgan fingerprint density at radius 2 is 1.94 bits per heavy atom. The zero-order valence-electron chi connectivity index (χ0n) is 10.6. The molecule has 0 amide bonds. The number of benzene rings is 1. The maximum Gasteiger partial charge on any atom is 0.120 e. The molecule has 0 radical (unpaired) electrons. The van der Waals surface area contributed by atoms with Crippen LogP contribution in [0.1, 0.15) is 37.4 Å². The second kappa shape index (κ2) is 4.75. The SMILES string of the molecule is COc1ccc(C(O)C2C3CCCCC32)c(Cl)c1. The Kier molecular flexibility index (Phi) is 3.25. The fourth-order valence-electron chi connectivity index (χ4n) is 3.60. The summed E-state index contributed by atoms with van der Waals surface area (Å²) in [4.78, 5) is 0. The zero-order valence-corrected chi connectivity index (χ0v) is 11.4. The Hall–Kier alpha value is -0.730. The largest absolute Gasteiger partial charge is 0.497 e. The highest BCUT2D eigenvalue weighted by Gasteiger charge is 2.54. The summed E-state index contributed by atoms with van der Waals surface area (Å²) in [6.07, 6.45) is 4.79. The van der Waals surface area contributed by atoms with E-state index in [9.17, 15) is 5.11 Å². The van der Waals surface area contributed by atoms with Gasteiger partial charge in [-0.25, -0.2) is 0 Å². The number of fused-ring (bicyclic) bond motifs is 1. The minimum Gasteiger partial charge on any atom is -0.497 e. The predicted octanol–water partition coefficient (Wildman–Crippen LogP) is 3.82. The molecular weight excluding hydrogens is 248 g/mol. The molecular formula is C15H19ClO2. The molecule has 0 aromatic heterocycles. The van der Waals surface area contributed by atoms with Crippen molar-refractivity contribution in [1.82, 2.24) is 0 Å². The molecule has 3 heteroatoms. The van der Waals surface area contributed by atoms with Gasteiger partial charge < -0.3 is 9.84 Å². The Morgan fingerprint density at radius 1 is 1.28 bits per heavy atom. The predicted molar refractivity (Wildman–Crippen MR) is 71.9 cm³/mol. The topological polar surface area (TPSA) is 29.5 Å². The monoisotopic (exact) mass is 266 g/mol. The Bertz CT molecular complexity index is 434. The molecule has 1 aromatic carbocycles. The number of ether oxygens (including phenoxy) is 1. The summed E-state index contributed by atoms with van der Waals surface area (Å²) in [6, 6.07) is 5.55. The van der Waals surface area contributed by atoms with Gasteiger partial charge in [-0.05, 0) is 48.3 Å². The van der Waals surface area contributed by atoms with Crippen LogP contribution in [0.4, 0.5) is 0 Å². The normalized spacial score (nSPS) is 31.6. The molecule has 0 heterocycles. The van der Waals surface area contributed by atoms with E-state index in [0.717, 1.165) is 23.1 Å². The number of rotatable bonds is 3. The van der Waals surface area contributed by atoms with E-state index >= 15 is 0 Å². The van der Waals surface area contributed by atoms with Crippen molar-refractivity contribution < 1.29 is 9.84 Å². The summed E-state index contributed by atoms with van der Waals surface area (Å²) >= 11 is 6.23. The lowest BCUT2D eigenvalue weighted by molar-refractivity contribution is 0.142. The van der Waals surface area contributed by atoms with Crippen molar-refractivity contribution in [3.63, 3.8) is 0 Å². The molecule has 0 saturated heterocycles. The molecule has 0 spiro atoms. The third kappa shape index (κ3) is 2.02. The van der Waals surface area contributed by atoms with E-state index in [2.05, 4.69) is 0 Å². The highest BCUT2D eigenvalue weighted by molar-refractivity contribution is 6.31. The van der Waals surface area contributed by atoms with Crippen LogP contribution in [0.25, 0.3) is 0 Å². The third-order valence-electron chi connectivity index (χ3n) is 4.61. The van der Waals surface area contributed by atoms with Gasteiger partial charge in [-0.1, -0.05) is 30.5 Å². The van der Waals surface area contributed by atoms with Crippen LogP contribution in [-0.2, 0) is 0 Å². The summed E-state index contributed by atoms with van der Waals surface area (Å²) in [7, 11) is 1.62. The molecule has 2 fully saturated rings. The van der Waals surface area contributed by atoms with Crippen LogP contribution in [0.2, 0.25) is 5.02 Å². The minimum absolute atomic E-state index is 0.406. The van der Waals surface area contributed by atoms with E-state index in [1.807, 2.05) is 12.1 Å². The maximum atomic E-state index is 10.5. The molecule has 3 unspecified atom stereocenters. The number of aliphatic hydroxyl groups excluding tert-OH is 1. The van der Waals surface area contributed by atoms with Crippen LogP contribution in [0.5, 0.6) is 5.75 Å². The lowest BCUT2D eigenvalue weighted by Gasteiger charge is -2.13. The molecule has 3 rings (SSSR count). The zero-order chi connectivity index (χ0) is 12.7. The summed E-state index contributed by atoms with van der Waals surface area (Å²) in [5.41, 5.74) is 0.858. The highest BCUT2D eigenvalue weighted by atomic mass is 35.5. The van der Waals surface area contributed by atoms with Crippen LogP contribution >= 0.6 is 11.6 Å². The van der Waals surface area contributed by atoms with Gasteiger partial charge in [0, 0.05) is 0 Å². The smallest absolute Gasteiger partial charge is 0.120 e. The van der Waals surface area contributed by atoms with E-state index in [1.54, 1.807) is 13.2 Å². The van der Waals surface area contributed by atoms with Crippen LogP contribution in [0, 0.1) is 17.8 Å². The quantitative estimate of drug-likeness (QED) is 0.901. The van der Waals surface area contributed by atoms with Crippen LogP contribution in [0.3, 0.4) is 0 Å². The van der Waals surface area contributed by atoms with Gasteiger partial charge in [0.2, 0.25) is 0 Å². The molecule has 1 aromatic rings. The molecule has 3 atom stereocenters. The average molecular weight is 267 g/mol. The van der Waals surface area contributed by atoms with E-state index in [4.69, 9.17) is 16.3 Å². The van der Waals surface area contributed by atoms with Crippen molar-refractivity contribution in [2.45, 2.75) is 31.8 Å². The van der Waals surface area contributed by atoms with E-state index < -0.39 is 6.10 Å². The first kappa shape index (κ1) is 12.3. The number of hydrogen-bond donors (Lipinski definition) is 1. The van der Waals surface area contributed by atoms with Crippen molar-refractivity contribution in [3.05, 3.63) is 28.8 Å². The highest BCUT2D eigenvalue weighted by Crippen LogP contribution is 2.60. The Labute approximate surface area is 113 Å². The number of halogens is 1.